The van der Waals surface area contributed by atoms with Gasteiger partial charge in [-0.2, -0.15) is 4.80 Å². The number of tetrazole rings is 1. The Kier molecular flexibility index (Phi) is 8.84. The minimum Gasteiger partial charge on any atom is -0.406 e. The first-order valence-electron chi connectivity index (χ1n) is 13.9. The van der Waals surface area contributed by atoms with Gasteiger partial charge in [0.05, 0.1) is 6.54 Å². The normalized spacial score (nSPS) is 15.4. The summed E-state index contributed by atoms with van der Waals surface area (Å²) in [6, 6.07) is 17.6. The van der Waals surface area contributed by atoms with Crippen LogP contribution >= 0.6 is 0 Å². The second-order valence-electron chi connectivity index (χ2n) is 10.5. The van der Waals surface area contributed by atoms with E-state index in [0.29, 0.717) is 56.0 Å². The van der Waals surface area contributed by atoms with Gasteiger partial charge in [-0.25, -0.2) is 0 Å². The Morgan fingerprint density at radius 2 is 1.27 bits per heavy atom. The van der Waals surface area contributed by atoms with E-state index in [9.17, 15) is 31.4 Å². The molecule has 0 atom stereocenters. The topological polar surface area (TPSA) is 85.5 Å². The van der Waals surface area contributed by atoms with Crippen molar-refractivity contribution in [1.82, 2.24) is 25.1 Å². The molecule has 14 heteroatoms. The smallest absolute Gasteiger partial charge is 0.406 e. The van der Waals surface area contributed by atoms with Crippen LogP contribution in [0.3, 0.4) is 0 Å². The lowest BCUT2D eigenvalue weighted by Crippen LogP contribution is -2.44. The fraction of sp³-hybridized carbons (Fsp3) is 0.367. The Morgan fingerprint density at radius 1 is 0.773 bits per heavy atom. The Bertz CT molecular complexity index is 1460. The van der Waals surface area contributed by atoms with E-state index in [-0.39, 0.29) is 0 Å². The van der Waals surface area contributed by atoms with Gasteiger partial charge in [0.1, 0.15) is 17.1 Å². The monoisotopic (exact) mass is 621 g/mol. The fourth-order valence-corrected chi connectivity index (χ4v) is 5.48. The van der Waals surface area contributed by atoms with E-state index in [1.165, 1.54) is 29.1 Å². The lowest BCUT2D eigenvalue weighted by Gasteiger charge is -2.42. The highest BCUT2D eigenvalue weighted by molar-refractivity contribution is 5.54. The molecule has 8 nitrogen and oxygen atoms in total. The number of alkyl halides is 6. The highest BCUT2D eigenvalue weighted by Crippen LogP contribution is 2.43. The number of rotatable bonds is 9. The molecule has 1 fully saturated rings. The number of aryl methyl sites for hydroxylation is 1. The van der Waals surface area contributed by atoms with Crippen LogP contribution in [0, 0.1) is 5.92 Å². The molecule has 5 rings (SSSR count). The Balaban J connectivity index is 1.32. The molecule has 44 heavy (non-hydrogen) atoms. The van der Waals surface area contributed by atoms with Crippen molar-refractivity contribution in [3.63, 3.8) is 0 Å². The molecule has 2 heterocycles. The Hall–Kier alpha value is -4.17. The van der Waals surface area contributed by atoms with Crippen LogP contribution in [0.15, 0.2) is 72.8 Å². The second kappa shape index (κ2) is 12.4. The number of ether oxygens (including phenoxy) is 2. The number of halogens is 6. The third-order valence-electron chi connectivity index (χ3n) is 7.59. The van der Waals surface area contributed by atoms with Crippen molar-refractivity contribution >= 4 is 0 Å². The zero-order chi connectivity index (χ0) is 31.5. The summed E-state index contributed by atoms with van der Waals surface area (Å²) in [5.74, 6) is -0.764. The van der Waals surface area contributed by atoms with Crippen LogP contribution in [0.2, 0.25) is 0 Å². The molecule has 1 aliphatic heterocycles. The molecule has 0 saturated carbocycles. The molecular formula is C30H29F6N5O3. The SMILES string of the molecule is CCn1nnc(-c2ccc(CN3CCC(C(O)(c4ccc(OC(F)(F)F)cc4)c4ccc(OC(F)(F)F)cc4)CC3)cc2)n1. The van der Waals surface area contributed by atoms with Crippen molar-refractivity contribution in [2.75, 3.05) is 13.1 Å². The van der Waals surface area contributed by atoms with Crippen molar-refractivity contribution in [3.05, 3.63) is 89.5 Å². The van der Waals surface area contributed by atoms with E-state index in [2.05, 4.69) is 29.8 Å². The van der Waals surface area contributed by atoms with E-state index < -0.39 is 35.7 Å². The van der Waals surface area contributed by atoms with Crippen LogP contribution in [0.1, 0.15) is 36.5 Å². The zero-order valence-corrected chi connectivity index (χ0v) is 23.5. The summed E-state index contributed by atoms with van der Waals surface area (Å²) < 4.78 is 84.2. The molecule has 0 bridgehead atoms. The quantitative estimate of drug-likeness (QED) is 0.220. The lowest BCUT2D eigenvalue weighted by molar-refractivity contribution is -0.275. The number of nitrogens with zero attached hydrogens (tertiary/aromatic N) is 5. The molecule has 0 spiro atoms. The average molecular weight is 622 g/mol. The van der Waals surface area contributed by atoms with Crippen LogP contribution in [-0.2, 0) is 18.7 Å². The largest absolute Gasteiger partial charge is 0.573 e. The number of aliphatic hydroxyl groups is 1. The zero-order valence-electron chi connectivity index (χ0n) is 23.5. The summed E-state index contributed by atoms with van der Waals surface area (Å²) in [5, 5.41) is 24.5. The van der Waals surface area contributed by atoms with Crippen LogP contribution in [-0.4, -0.2) is 56.0 Å². The first-order valence-corrected chi connectivity index (χ1v) is 13.9. The summed E-state index contributed by atoms with van der Waals surface area (Å²) in [5.41, 5.74) is 0.782. The fourth-order valence-electron chi connectivity index (χ4n) is 5.48. The molecule has 1 saturated heterocycles. The summed E-state index contributed by atoms with van der Waals surface area (Å²) >= 11 is 0. The van der Waals surface area contributed by atoms with Gasteiger partial charge in [0, 0.05) is 12.1 Å². The summed E-state index contributed by atoms with van der Waals surface area (Å²) in [4.78, 5) is 3.72. The predicted molar refractivity (Wildman–Crippen MR) is 146 cm³/mol. The molecule has 0 amide bonds. The van der Waals surface area contributed by atoms with E-state index in [1.807, 2.05) is 31.2 Å². The molecule has 0 aliphatic carbocycles. The summed E-state index contributed by atoms with van der Waals surface area (Å²) in [6.45, 7) is 4.39. The number of aromatic nitrogens is 4. The third kappa shape index (κ3) is 7.48. The number of benzene rings is 3. The van der Waals surface area contributed by atoms with Crippen LogP contribution in [0.4, 0.5) is 26.3 Å². The van der Waals surface area contributed by atoms with E-state index in [4.69, 9.17) is 0 Å². The maximum Gasteiger partial charge on any atom is 0.573 e. The molecular weight excluding hydrogens is 592 g/mol. The van der Waals surface area contributed by atoms with Crippen LogP contribution in [0.5, 0.6) is 11.5 Å². The second-order valence-corrected chi connectivity index (χ2v) is 10.5. The van der Waals surface area contributed by atoms with Gasteiger partial charge in [0.25, 0.3) is 0 Å². The van der Waals surface area contributed by atoms with Gasteiger partial charge in [-0.15, -0.1) is 36.5 Å². The van der Waals surface area contributed by atoms with Crippen molar-refractivity contribution in [3.8, 4) is 22.9 Å². The van der Waals surface area contributed by atoms with Crippen molar-refractivity contribution in [1.29, 1.82) is 0 Å². The summed E-state index contributed by atoms with van der Waals surface area (Å²) in [6.07, 6.45) is -8.74. The number of hydrogen-bond donors (Lipinski definition) is 1. The van der Waals surface area contributed by atoms with Crippen LogP contribution < -0.4 is 9.47 Å². The third-order valence-corrected chi connectivity index (χ3v) is 7.59. The maximum atomic E-state index is 12.7. The molecule has 4 aromatic rings. The molecule has 1 aromatic heterocycles. The predicted octanol–water partition coefficient (Wildman–Crippen LogP) is 6.31. The van der Waals surface area contributed by atoms with E-state index in [1.54, 1.807) is 0 Å². The van der Waals surface area contributed by atoms with Crippen molar-refractivity contribution in [2.45, 2.75) is 51.2 Å². The number of piperidine rings is 1. The van der Waals surface area contributed by atoms with Gasteiger partial charge in [0.15, 0.2) is 0 Å². The molecule has 1 aliphatic rings. The highest BCUT2D eigenvalue weighted by atomic mass is 19.4. The van der Waals surface area contributed by atoms with Gasteiger partial charge in [-0.05, 0) is 84.9 Å². The molecule has 234 valence electrons. The van der Waals surface area contributed by atoms with Crippen LogP contribution in [0.25, 0.3) is 11.4 Å². The molecule has 0 radical (unpaired) electrons. The van der Waals surface area contributed by atoms with E-state index in [0.717, 1.165) is 35.4 Å². The Labute approximate surface area is 248 Å². The average Bonchev–Trinajstić information content (AvgIpc) is 3.46. The van der Waals surface area contributed by atoms with Gasteiger partial charge in [-0.3, -0.25) is 4.90 Å². The highest BCUT2D eigenvalue weighted by Gasteiger charge is 2.42. The van der Waals surface area contributed by atoms with Gasteiger partial charge in [-0.1, -0.05) is 48.5 Å². The number of likely N-dealkylation sites (tertiary alicyclic amines) is 1. The molecule has 0 unspecified atom stereocenters. The Morgan fingerprint density at radius 3 is 1.70 bits per heavy atom. The first kappa shape index (κ1) is 31.3. The lowest BCUT2D eigenvalue weighted by atomic mass is 9.72. The molecule has 3 aromatic carbocycles. The van der Waals surface area contributed by atoms with Crippen molar-refractivity contribution < 1.29 is 40.9 Å². The molecule has 1 N–H and O–H groups in total. The van der Waals surface area contributed by atoms with Gasteiger partial charge < -0.3 is 14.6 Å². The van der Waals surface area contributed by atoms with E-state index >= 15 is 0 Å². The summed E-state index contributed by atoms with van der Waals surface area (Å²) in [7, 11) is 0. The standard InChI is InChI=1S/C30H29F6N5O3/c1-2-41-38-27(37-39-41)21-5-3-20(4-6-21)19-40-17-15-24(16-18-40)28(42,22-7-11-25(12-8-22)43-29(31,32)33)23-9-13-26(14-10-23)44-30(34,35)36/h3-14,24,42H,2,15-19H2,1H3. The van der Waals surface area contributed by atoms with Crippen molar-refractivity contribution in [2.24, 2.45) is 5.92 Å². The minimum atomic E-state index is -4.88. The first-order chi connectivity index (χ1) is 20.8. The number of hydrogen-bond acceptors (Lipinski definition) is 7. The van der Waals surface area contributed by atoms with Gasteiger partial charge >= 0.3 is 12.7 Å². The minimum absolute atomic E-state index is 0.291. The maximum absolute atomic E-state index is 12.7. The van der Waals surface area contributed by atoms with Gasteiger partial charge in [0.2, 0.25) is 5.82 Å².